The zero-order valence-corrected chi connectivity index (χ0v) is 13.8. The molecule has 2 heterocycles. The Bertz CT molecular complexity index is 1080. The molecular weight excluding hydrogens is 344 g/mol. The summed E-state index contributed by atoms with van der Waals surface area (Å²) in [5, 5.41) is 0.570. The molecule has 0 atom stereocenters. The van der Waals surface area contributed by atoms with Crippen LogP contribution >= 0.6 is 21.6 Å². The van der Waals surface area contributed by atoms with Crippen molar-refractivity contribution in [2.75, 3.05) is 0 Å². The molecule has 118 valence electrons. The fourth-order valence-electron chi connectivity index (χ4n) is 2.22. The Morgan fingerprint density at radius 1 is 0.667 bits per heavy atom. The Morgan fingerprint density at radius 3 is 1.54 bits per heavy atom. The van der Waals surface area contributed by atoms with Gasteiger partial charge in [0, 0.05) is 0 Å². The third kappa shape index (κ3) is 2.81. The van der Waals surface area contributed by atoms with E-state index in [-0.39, 0.29) is 21.2 Å². The molecule has 0 aliphatic carbocycles. The molecule has 2 aromatic carbocycles. The number of nitrogens with one attached hydrogen (secondary N) is 2. The maximum absolute atomic E-state index is 12.1. The Kier molecular flexibility index (Phi) is 3.83. The van der Waals surface area contributed by atoms with Crippen LogP contribution in [0.2, 0.25) is 0 Å². The summed E-state index contributed by atoms with van der Waals surface area (Å²) >= 11 is 0. The number of hydrogen-bond donors (Lipinski definition) is 2. The lowest BCUT2D eigenvalue weighted by atomic mass is 10.3. The van der Waals surface area contributed by atoms with Crippen LogP contribution < -0.4 is 11.1 Å². The minimum absolute atomic E-state index is 0.285. The second-order valence-corrected chi connectivity index (χ2v) is 7.05. The average Bonchev–Trinajstić information content (AvgIpc) is 2.60. The first-order valence-electron chi connectivity index (χ1n) is 7.03. The van der Waals surface area contributed by atoms with Crippen LogP contribution in [0.25, 0.3) is 22.1 Å². The standard InChI is InChI=1S/C16H10N4O2S2/c21-13-15(19-11-7-3-1-5-9(11)17-13)23-24-16-14(22)18-10-6-2-4-8-12(10)20-16/h1-8H,(H,17,21)(H,18,22). The van der Waals surface area contributed by atoms with Gasteiger partial charge in [-0.05, 0) is 45.9 Å². The van der Waals surface area contributed by atoms with E-state index >= 15 is 0 Å². The Hall–Kier alpha value is -2.58. The van der Waals surface area contributed by atoms with Crippen molar-refractivity contribution in [1.82, 2.24) is 19.9 Å². The second-order valence-electron chi connectivity index (χ2n) is 4.94. The molecule has 8 heteroatoms. The fraction of sp³-hybridized carbons (Fsp3) is 0. The van der Waals surface area contributed by atoms with E-state index in [2.05, 4.69) is 19.9 Å². The van der Waals surface area contributed by atoms with Crippen molar-refractivity contribution in [3.8, 4) is 0 Å². The van der Waals surface area contributed by atoms with E-state index in [9.17, 15) is 9.59 Å². The normalized spacial score (nSPS) is 11.2. The van der Waals surface area contributed by atoms with Crippen LogP contribution in [0, 0.1) is 0 Å². The van der Waals surface area contributed by atoms with Gasteiger partial charge in [-0.3, -0.25) is 9.59 Å². The van der Waals surface area contributed by atoms with E-state index in [4.69, 9.17) is 0 Å². The molecule has 0 aliphatic rings. The van der Waals surface area contributed by atoms with E-state index in [0.717, 1.165) is 21.6 Å². The molecule has 0 unspecified atom stereocenters. The lowest BCUT2D eigenvalue weighted by Gasteiger charge is -2.02. The first-order valence-corrected chi connectivity index (χ1v) is 9.18. The Morgan fingerprint density at radius 2 is 1.08 bits per heavy atom. The van der Waals surface area contributed by atoms with Crippen molar-refractivity contribution in [1.29, 1.82) is 0 Å². The zero-order valence-electron chi connectivity index (χ0n) is 12.1. The van der Waals surface area contributed by atoms with Crippen molar-refractivity contribution < 1.29 is 0 Å². The van der Waals surface area contributed by atoms with Gasteiger partial charge in [0.05, 0.1) is 22.1 Å². The summed E-state index contributed by atoms with van der Waals surface area (Å²) in [5.41, 5.74) is 2.17. The van der Waals surface area contributed by atoms with E-state index in [1.165, 1.54) is 0 Å². The minimum atomic E-state index is -0.289. The molecule has 0 bridgehead atoms. The summed E-state index contributed by atoms with van der Waals surface area (Å²) in [5.74, 6) is 0. The number of aromatic nitrogens is 4. The highest BCUT2D eigenvalue weighted by molar-refractivity contribution is 8.76. The molecule has 0 saturated heterocycles. The van der Waals surface area contributed by atoms with E-state index in [0.29, 0.717) is 22.1 Å². The SMILES string of the molecule is O=c1[nH]c2ccccc2nc1SSc1nc2ccccc2[nH]c1=O. The molecule has 0 radical (unpaired) electrons. The molecule has 0 aliphatic heterocycles. The van der Waals surface area contributed by atoms with Gasteiger partial charge in [0.1, 0.15) is 0 Å². The second kappa shape index (κ2) is 6.14. The summed E-state index contributed by atoms with van der Waals surface area (Å²) in [6, 6.07) is 14.6. The van der Waals surface area contributed by atoms with Gasteiger partial charge in [-0.1, -0.05) is 24.3 Å². The topological polar surface area (TPSA) is 91.5 Å². The highest BCUT2D eigenvalue weighted by Crippen LogP contribution is 2.32. The molecule has 4 aromatic rings. The van der Waals surface area contributed by atoms with Crippen molar-refractivity contribution >= 4 is 43.7 Å². The summed E-state index contributed by atoms with van der Waals surface area (Å²) < 4.78 is 0. The van der Waals surface area contributed by atoms with Crippen LogP contribution in [0.5, 0.6) is 0 Å². The van der Waals surface area contributed by atoms with Gasteiger partial charge in [-0.2, -0.15) is 0 Å². The van der Waals surface area contributed by atoms with E-state index in [1.807, 2.05) is 36.4 Å². The van der Waals surface area contributed by atoms with E-state index < -0.39 is 0 Å². The molecule has 0 amide bonds. The minimum Gasteiger partial charge on any atom is -0.318 e. The van der Waals surface area contributed by atoms with Crippen molar-refractivity contribution in [2.45, 2.75) is 10.1 Å². The van der Waals surface area contributed by atoms with Crippen LogP contribution in [-0.2, 0) is 0 Å². The molecule has 0 spiro atoms. The highest BCUT2D eigenvalue weighted by Gasteiger charge is 2.10. The molecule has 0 fully saturated rings. The van der Waals surface area contributed by atoms with Crippen LogP contribution in [0.15, 0.2) is 68.2 Å². The molecule has 4 rings (SSSR count). The maximum Gasteiger partial charge on any atom is 0.281 e. The summed E-state index contributed by atoms with van der Waals surface area (Å²) in [6.07, 6.45) is 0. The van der Waals surface area contributed by atoms with Gasteiger partial charge in [0.2, 0.25) is 0 Å². The number of aromatic amines is 2. The monoisotopic (exact) mass is 354 g/mol. The number of fused-ring (bicyclic) bond motifs is 2. The predicted molar refractivity (Wildman–Crippen MR) is 96.4 cm³/mol. The van der Waals surface area contributed by atoms with Gasteiger partial charge < -0.3 is 9.97 Å². The molecule has 2 N–H and O–H groups in total. The summed E-state index contributed by atoms with van der Waals surface area (Å²) in [6.45, 7) is 0. The smallest absolute Gasteiger partial charge is 0.281 e. The predicted octanol–water partition coefficient (Wildman–Crippen LogP) is 2.96. The summed E-state index contributed by atoms with van der Waals surface area (Å²) in [4.78, 5) is 38.4. The first kappa shape index (κ1) is 15.0. The van der Waals surface area contributed by atoms with Crippen molar-refractivity contribution in [2.24, 2.45) is 0 Å². The number of hydrogen-bond acceptors (Lipinski definition) is 6. The first-order chi connectivity index (χ1) is 11.7. The summed E-state index contributed by atoms with van der Waals surface area (Å²) in [7, 11) is 2.23. The largest absolute Gasteiger partial charge is 0.318 e. The maximum atomic E-state index is 12.1. The Balaban J connectivity index is 1.68. The van der Waals surface area contributed by atoms with Gasteiger partial charge in [-0.25, -0.2) is 9.97 Å². The van der Waals surface area contributed by atoms with Crippen LogP contribution in [0.4, 0.5) is 0 Å². The third-order valence-corrected chi connectivity index (χ3v) is 5.49. The zero-order chi connectivity index (χ0) is 16.5. The van der Waals surface area contributed by atoms with Gasteiger partial charge in [-0.15, -0.1) is 0 Å². The number of para-hydroxylation sites is 4. The molecule has 24 heavy (non-hydrogen) atoms. The molecule has 2 aromatic heterocycles. The third-order valence-electron chi connectivity index (χ3n) is 3.34. The quantitative estimate of drug-likeness (QED) is 0.550. The van der Waals surface area contributed by atoms with Gasteiger partial charge in [0.15, 0.2) is 10.1 Å². The fourth-order valence-corrected chi connectivity index (χ4v) is 4.05. The Labute approximate surface area is 143 Å². The average molecular weight is 354 g/mol. The van der Waals surface area contributed by atoms with Crippen LogP contribution in [0.1, 0.15) is 0 Å². The molecular formula is C16H10N4O2S2. The van der Waals surface area contributed by atoms with Crippen LogP contribution in [-0.4, -0.2) is 19.9 Å². The lowest BCUT2D eigenvalue weighted by molar-refractivity contribution is 1.05. The van der Waals surface area contributed by atoms with Crippen LogP contribution in [0.3, 0.4) is 0 Å². The number of rotatable bonds is 3. The van der Waals surface area contributed by atoms with Gasteiger partial charge >= 0.3 is 0 Å². The highest BCUT2D eigenvalue weighted by atomic mass is 33.1. The van der Waals surface area contributed by atoms with Crippen molar-refractivity contribution in [3.63, 3.8) is 0 Å². The van der Waals surface area contributed by atoms with E-state index in [1.54, 1.807) is 12.1 Å². The van der Waals surface area contributed by atoms with Gasteiger partial charge in [0.25, 0.3) is 11.1 Å². The molecule has 0 saturated carbocycles. The number of nitrogens with zero attached hydrogens (tertiary/aromatic N) is 2. The lowest BCUT2D eigenvalue weighted by Crippen LogP contribution is -2.12. The molecule has 6 nitrogen and oxygen atoms in total. The number of benzene rings is 2. The number of H-pyrrole nitrogens is 2. The van der Waals surface area contributed by atoms with Crippen molar-refractivity contribution in [3.05, 3.63) is 69.2 Å².